The summed E-state index contributed by atoms with van der Waals surface area (Å²) < 4.78 is 0. The molecule has 82 valence electrons. The van der Waals surface area contributed by atoms with Gasteiger partial charge in [0, 0.05) is 30.5 Å². The van der Waals surface area contributed by atoms with Crippen LogP contribution in [0.25, 0.3) is 0 Å². The normalized spacial score (nSPS) is 22.4. The molecule has 0 spiro atoms. The fourth-order valence-corrected chi connectivity index (χ4v) is 2.63. The van der Waals surface area contributed by atoms with Gasteiger partial charge in [-0.3, -0.25) is 4.79 Å². The molecule has 1 aliphatic rings. The lowest BCUT2D eigenvalue weighted by atomic mass is 10.2. The number of hydrogen-bond donors (Lipinski definition) is 1. The Morgan fingerprint density at radius 2 is 2.43 bits per heavy atom. The van der Waals surface area contributed by atoms with Crippen molar-refractivity contribution < 1.29 is 4.79 Å². The minimum atomic E-state index is 0.326. The second kappa shape index (κ2) is 6.30. The van der Waals surface area contributed by atoms with Crippen molar-refractivity contribution in [2.75, 3.05) is 32.4 Å². The molecular formula is C10H20N2OS. The predicted octanol–water partition coefficient (Wildman–Crippen LogP) is 0.950. The van der Waals surface area contributed by atoms with E-state index in [4.69, 9.17) is 0 Å². The van der Waals surface area contributed by atoms with Crippen LogP contribution in [0.3, 0.4) is 0 Å². The summed E-state index contributed by atoms with van der Waals surface area (Å²) in [6.07, 6.45) is 1.64. The van der Waals surface area contributed by atoms with E-state index in [1.807, 2.05) is 23.7 Å². The molecule has 0 aromatic rings. The van der Waals surface area contributed by atoms with Crippen molar-refractivity contribution in [2.24, 2.45) is 0 Å². The highest BCUT2D eigenvalue weighted by Gasteiger charge is 2.20. The van der Waals surface area contributed by atoms with E-state index in [2.05, 4.69) is 12.2 Å². The molecule has 14 heavy (non-hydrogen) atoms. The van der Waals surface area contributed by atoms with Crippen LogP contribution in [-0.2, 0) is 4.79 Å². The van der Waals surface area contributed by atoms with Crippen LogP contribution in [-0.4, -0.2) is 48.5 Å². The lowest BCUT2D eigenvalue weighted by Crippen LogP contribution is -2.41. The number of carbonyl (C=O) groups excluding carboxylic acids is 1. The van der Waals surface area contributed by atoms with Crippen LogP contribution in [0.4, 0.5) is 0 Å². The van der Waals surface area contributed by atoms with Gasteiger partial charge in [-0.15, -0.1) is 0 Å². The highest BCUT2D eigenvalue weighted by atomic mass is 32.2. The van der Waals surface area contributed by atoms with Crippen LogP contribution in [0, 0.1) is 0 Å². The molecule has 1 fully saturated rings. The van der Waals surface area contributed by atoms with Crippen LogP contribution < -0.4 is 5.32 Å². The first-order valence-electron chi connectivity index (χ1n) is 5.28. The molecule has 1 amide bonds. The Bertz CT molecular complexity index is 187. The van der Waals surface area contributed by atoms with Gasteiger partial charge in [0.05, 0.1) is 0 Å². The standard InChI is InChI=1S/C10H20N2OS/c1-9-8-12(6-7-14-9)10(13)4-3-5-11-2/h9,11H,3-8H2,1-2H3. The molecule has 1 atom stereocenters. The largest absolute Gasteiger partial charge is 0.341 e. The van der Waals surface area contributed by atoms with E-state index >= 15 is 0 Å². The van der Waals surface area contributed by atoms with Crippen LogP contribution in [0.15, 0.2) is 0 Å². The molecule has 0 radical (unpaired) electrons. The van der Waals surface area contributed by atoms with Crippen molar-refractivity contribution in [2.45, 2.75) is 25.0 Å². The topological polar surface area (TPSA) is 32.3 Å². The first-order valence-corrected chi connectivity index (χ1v) is 6.33. The average molecular weight is 216 g/mol. The minimum Gasteiger partial charge on any atom is -0.341 e. The second-order valence-electron chi connectivity index (χ2n) is 3.73. The third-order valence-electron chi connectivity index (χ3n) is 2.41. The van der Waals surface area contributed by atoms with Gasteiger partial charge in [-0.05, 0) is 20.0 Å². The molecule has 0 aromatic carbocycles. The Kier molecular flexibility index (Phi) is 5.33. The first-order chi connectivity index (χ1) is 6.74. The monoisotopic (exact) mass is 216 g/mol. The van der Waals surface area contributed by atoms with Gasteiger partial charge in [0.2, 0.25) is 5.91 Å². The Balaban J connectivity index is 2.22. The van der Waals surface area contributed by atoms with Gasteiger partial charge in [-0.1, -0.05) is 6.92 Å². The lowest BCUT2D eigenvalue weighted by Gasteiger charge is -2.30. The number of hydrogen-bond acceptors (Lipinski definition) is 3. The Morgan fingerprint density at radius 1 is 1.64 bits per heavy atom. The second-order valence-corrected chi connectivity index (χ2v) is 5.27. The SMILES string of the molecule is CNCCCC(=O)N1CCSC(C)C1. The fraction of sp³-hybridized carbons (Fsp3) is 0.900. The minimum absolute atomic E-state index is 0.326. The molecule has 1 rings (SSSR count). The van der Waals surface area contributed by atoms with Crippen LogP contribution in [0.1, 0.15) is 19.8 Å². The van der Waals surface area contributed by atoms with E-state index in [-0.39, 0.29) is 0 Å². The highest BCUT2D eigenvalue weighted by molar-refractivity contribution is 7.99. The highest BCUT2D eigenvalue weighted by Crippen LogP contribution is 2.18. The van der Waals surface area contributed by atoms with E-state index in [0.717, 1.165) is 31.8 Å². The van der Waals surface area contributed by atoms with Gasteiger partial charge >= 0.3 is 0 Å². The van der Waals surface area contributed by atoms with Crippen LogP contribution >= 0.6 is 11.8 Å². The summed E-state index contributed by atoms with van der Waals surface area (Å²) in [7, 11) is 1.92. The number of nitrogens with zero attached hydrogens (tertiary/aromatic N) is 1. The number of thioether (sulfide) groups is 1. The smallest absolute Gasteiger partial charge is 0.222 e. The van der Waals surface area contributed by atoms with Gasteiger partial charge in [-0.25, -0.2) is 0 Å². The first kappa shape index (κ1) is 11.9. The maximum atomic E-state index is 11.7. The Labute approximate surface area is 90.6 Å². The molecule has 1 unspecified atom stereocenters. The summed E-state index contributed by atoms with van der Waals surface area (Å²) >= 11 is 1.96. The Morgan fingerprint density at radius 3 is 3.07 bits per heavy atom. The zero-order valence-corrected chi connectivity index (χ0v) is 9.90. The summed E-state index contributed by atoms with van der Waals surface area (Å²) in [5.74, 6) is 1.42. The van der Waals surface area contributed by atoms with Crippen molar-refractivity contribution in [3.63, 3.8) is 0 Å². The third-order valence-corrected chi connectivity index (χ3v) is 3.55. The average Bonchev–Trinajstić information content (AvgIpc) is 2.18. The van der Waals surface area contributed by atoms with E-state index in [0.29, 0.717) is 17.6 Å². The maximum absolute atomic E-state index is 11.7. The molecule has 1 saturated heterocycles. The van der Waals surface area contributed by atoms with E-state index in [1.54, 1.807) is 0 Å². The van der Waals surface area contributed by atoms with Crippen molar-refractivity contribution in [3.8, 4) is 0 Å². The number of carbonyl (C=O) groups is 1. The van der Waals surface area contributed by atoms with Crippen LogP contribution in [0.5, 0.6) is 0 Å². The molecule has 0 bridgehead atoms. The molecule has 4 heteroatoms. The fourth-order valence-electron chi connectivity index (χ4n) is 1.62. The zero-order valence-electron chi connectivity index (χ0n) is 9.08. The molecule has 0 saturated carbocycles. The summed E-state index contributed by atoms with van der Waals surface area (Å²) in [4.78, 5) is 13.7. The van der Waals surface area contributed by atoms with Gasteiger partial charge in [0.25, 0.3) is 0 Å². The van der Waals surface area contributed by atoms with Gasteiger partial charge < -0.3 is 10.2 Å². The summed E-state index contributed by atoms with van der Waals surface area (Å²) in [6.45, 7) is 5.00. The van der Waals surface area contributed by atoms with Crippen molar-refractivity contribution in [1.29, 1.82) is 0 Å². The zero-order chi connectivity index (χ0) is 10.4. The quantitative estimate of drug-likeness (QED) is 0.710. The van der Waals surface area contributed by atoms with Gasteiger partial charge in [-0.2, -0.15) is 11.8 Å². The Hall–Kier alpha value is -0.220. The molecule has 3 nitrogen and oxygen atoms in total. The number of rotatable bonds is 4. The number of amides is 1. The summed E-state index contributed by atoms with van der Waals surface area (Å²) in [5.41, 5.74) is 0. The van der Waals surface area contributed by atoms with Crippen molar-refractivity contribution >= 4 is 17.7 Å². The third kappa shape index (κ3) is 3.88. The van der Waals surface area contributed by atoms with Crippen molar-refractivity contribution in [3.05, 3.63) is 0 Å². The van der Waals surface area contributed by atoms with Gasteiger partial charge in [0.15, 0.2) is 0 Å². The predicted molar refractivity (Wildman–Crippen MR) is 61.7 cm³/mol. The van der Waals surface area contributed by atoms with E-state index < -0.39 is 0 Å². The van der Waals surface area contributed by atoms with Gasteiger partial charge in [0.1, 0.15) is 0 Å². The molecule has 1 N–H and O–H groups in total. The van der Waals surface area contributed by atoms with Crippen LogP contribution in [0.2, 0.25) is 0 Å². The molecule has 0 aromatic heterocycles. The molecule has 1 aliphatic heterocycles. The molecular weight excluding hydrogens is 196 g/mol. The number of nitrogens with one attached hydrogen (secondary N) is 1. The molecule has 1 heterocycles. The summed E-state index contributed by atoms with van der Waals surface area (Å²) in [5, 5.41) is 3.67. The van der Waals surface area contributed by atoms with Crippen molar-refractivity contribution in [1.82, 2.24) is 10.2 Å². The van der Waals surface area contributed by atoms with E-state index in [1.165, 1.54) is 0 Å². The molecule has 0 aliphatic carbocycles. The summed E-state index contributed by atoms with van der Waals surface area (Å²) in [6, 6.07) is 0. The lowest BCUT2D eigenvalue weighted by molar-refractivity contribution is -0.131. The maximum Gasteiger partial charge on any atom is 0.222 e. The van der Waals surface area contributed by atoms with E-state index in [9.17, 15) is 4.79 Å².